The van der Waals surface area contributed by atoms with Crippen LogP contribution in [0.2, 0.25) is 0 Å². The molecule has 0 aliphatic heterocycles. The largest absolute Gasteiger partial charge is 0.352 e. The molecule has 1 aromatic carbocycles. The number of nitrogens with zero attached hydrogens (tertiary/aromatic N) is 4. The lowest BCUT2D eigenvalue weighted by Crippen LogP contribution is -2.41. The Labute approximate surface area is 156 Å². The molecule has 0 bridgehead atoms. The lowest BCUT2D eigenvalue weighted by Gasteiger charge is -2.29. The van der Waals surface area contributed by atoms with E-state index in [-0.39, 0.29) is 5.91 Å². The Morgan fingerprint density at radius 1 is 1.27 bits per heavy atom. The smallest absolute Gasteiger partial charge is 0.230 e. The third kappa shape index (κ3) is 3.28. The van der Waals surface area contributed by atoms with Gasteiger partial charge in [-0.1, -0.05) is 49.7 Å². The van der Waals surface area contributed by atoms with Gasteiger partial charge in [0.2, 0.25) is 11.1 Å². The van der Waals surface area contributed by atoms with Crippen molar-refractivity contribution in [3.8, 4) is 0 Å². The highest BCUT2D eigenvalue weighted by molar-refractivity contribution is 7.99. The number of carbonyl (C=O) groups excluding carboxylic acids is 1. The Morgan fingerprint density at radius 2 is 2.08 bits per heavy atom. The van der Waals surface area contributed by atoms with Crippen molar-refractivity contribution >= 4 is 39.7 Å². The van der Waals surface area contributed by atoms with Gasteiger partial charge in [0.25, 0.3) is 0 Å². The maximum Gasteiger partial charge on any atom is 0.230 e. The summed E-state index contributed by atoms with van der Waals surface area (Å²) in [6, 6.07) is 8.37. The summed E-state index contributed by atoms with van der Waals surface area (Å²) in [4.78, 5) is 16.9. The number of amides is 1. The normalized spacial score (nSPS) is 20.5. The Hall–Kier alpha value is -2.15. The summed E-state index contributed by atoms with van der Waals surface area (Å²) in [5.41, 5.74) is 2.67. The van der Waals surface area contributed by atoms with Crippen molar-refractivity contribution in [1.29, 1.82) is 0 Å². The molecule has 1 N–H and O–H groups in total. The molecule has 136 valence electrons. The van der Waals surface area contributed by atoms with Crippen molar-refractivity contribution < 1.29 is 4.79 Å². The zero-order valence-corrected chi connectivity index (χ0v) is 15.9. The second-order valence-electron chi connectivity index (χ2n) is 7.07. The summed E-state index contributed by atoms with van der Waals surface area (Å²) < 4.78 is 2.02. The summed E-state index contributed by atoms with van der Waals surface area (Å²) in [5.74, 6) is 0.928. The summed E-state index contributed by atoms with van der Waals surface area (Å²) in [6.45, 7) is 2.22. The second-order valence-corrected chi connectivity index (χ2v) is 8.01. The Morgan fingerprint density at radius 3 is 2.92 bits per heavy atom. The van der Waals surface area contributed by atoms with E-state index in [4.69, 9.17) is 0 Å². The van der Waals surface area contributed by atoms with E-state index < -0.39 is 0 Å². The van der Waals surface area contributed by atoms with E-state index in [1.807, 2.05) is 35.9 Å². The molecule has 0 radical (unpaired) electrons. The molecule has 1 aliphatic rings. The number of hydrogen-bond donors (Lipinski definition) is 1. The number of thioether (sulfide) groups is 1. The van der Waals surface area contributed by atoms with Crippen molar-refractivity contribution in [2.75, 3.05) is 5.75 Å². The number of rotatable bonds is 4. The van der Waals surface area contributed by atoms with Crippen LogP contribution in [0.5, 0.6) is 0 Å². The maximum absolute atomic E-state index is 12.3. The fourth-order valence-corrected chi connectivity index (χ4v) is 4.36. The molecule has 7 heteroatoms. The highest BCUT2D eigenvalue weighted by atomic mass is 32.2. The predicted octanol–water partition coefficient (Wildman–Crippen LogP) is 3.30. The maximum atomic E-state index is 12.3. The zero-order valence-electron chi connectivity index (χ0n) is 15.1. The van der Waals surface area contributed by atoms with E-state index in [1.54, 1.807) is 0 Å². The van der Waals surface area contributed by atoms with Crippen LogP contribution >= 0.6 is 11.8 Å². The van der Waals surface area contributed by atoms with Gasteiger partial charge in [-0.15, -0.1) is 10.2 Å². The molecule has 6 nitrogen and oxygen atoms in total. The molecule has 2 aromatic heterocycles. The van der Waals surface area contributed by atoms with Gasteiger partial charge < -0.3 is 9.88 Å². The molecule has 26 heavy (non-hydrogen) atoms. The van der Waals surface area contributed by atoms with Crippen LogP contribution in [0.3, 0.4) is 0 Å². The first-order chi connectivity index (χ1) is 12.6. The number of hydrogen-bond acceptors (Lipinski definition) is 5. The van der Waals surface area contributed by atoms with Crippen LogP contribution in [0, 0.1) is 5.92 Å². The summed E-state index contributed by atoms with van der Waals surface area (Å²) in [7, 11) is 1.98. The van der Waals surface area contributed by atoms with Crippen LogP contribution in [0.15, 0.2) is 29.4 Å². The molecule has 3 aromatic rings. The van der Waals surface area contributed by atoms with Crippen molar-refractivity contribution in [1.82, 2.24) is 25.1 Å². The summed E-state index contributed by atoms with van der Waals surface area (Å²) >= 11 is 1.34. The molecular weight excluding hydrogens is 346 g/mol. The Kier molecular flexibility index (Phi) is 4.80. The van der Waals surface area contributed by atoms with Gasteiger partial charge in [0.1, 0.15) is 5.52 Å². The lowest BCUT2D eigenvalue weighted by molar-refractivity contribution is -0.119. The molecule has 2 atom stereocenters. The number of carbonyl (C=O) groups is 1. The average molecular weight is 369 g/mol. The zero-order chi connectivity index (χ0) is 18.1. The van der Waals surface area contributed by atoms with Gasteiger partial charge >= 0.3 is 0 Å². The van der Waals surface area contributed by atoms with E-state index in [1.165, 1.54) is 31.0 Å². The quantitative estimate of drug-likeness (QED) is 0.714. The van der Waals surface area contributed by atoms with Crippen molar-refractivity contribution in [2.45, 2.75) is 43.8 Å². The Balaban J connectivity index is 1.46. The van der Waals surface area contributed by atoms with Crippen molar-refractivity contribution in [3.05, 3.63) is 24.3 Å². The van der Waals surface area contributed by atoms with Crippen LogP contribution in [0.4, 0.5) is 0 Å². The minimum atomic E-state index is 0.0505. The van der Waals surface area contributed by atoms with Gasteiger partial charge in [-0.2, -0.15) is 0 Å². The van der Waals surface area contributed by atoms with Crippen LogP contribution in [0.25, 0.3) is 22.1 Å². The van der Waals surface area contributed by atoms with E-state index >= 15 is 0 Å². The van der Waals surface area contributed by atoms with Gasteiger partial charge in [0.15, 0.2) is 5.65 Å². The number of nitrogens with one attached hydrogen (secondary N) is 1. The van der Waals surface area contributed by atoms with Crippen LogP contribution in [-0.4, -0.2) is 37.5 Å². The predicted molar refractivity (Wildman–Crippen MR) is 104 cm³/mol. The van der Waals surface area contributed by atoms with Gasteiger partial charge in [-0.3, -0.25) is 4.79 Å². The molecule has 2 heterocycles. The Bertz CT molecular complexity index is 954. The summed E-state index contributed by atoms with van der Waals surface area (Å²) in [5, 5.41) is 13.3. The molecule has 4 rings (SSSR count). The first-order valence-corrected chi connectivity index (χ1v) is 10.1. The molecule has 0 unspecified atom stereocenters. The SMILES string of the molecule is C[C@H]1CCCC[C@@H]1NC(=O)CSc1nnc2c3ccccc3n(C)c2n1. The summed E-state index contributed by atoms with van der Waals surface area (Å²) in [6.07, 6.45) is 4.75. The molecule has 1 fully saturated rings. The van der Waals surface area contributed by atoms with Crippen LogP contribution in [-0.2, 0) is 11.8 Å². The lowest BCUT2D eigenvalue weighted by atomic mass is 9.86. The number of para-hydroxylation sites is 1. The van der Waals surface area contributed by atoms with Gasteiger partial charge in [-0.25, -0.2) is 4.98 Å². The number of benzene rings is 1. The third-order valence-corrected chi connectivity index (χ3v) is 6.12. The number of aromatic nitrogens is 4. The van der Waals surface area contributed by atoms with Crippen LogP contribution in [0.1, 0.15) is 32.6 Å². The van der Waals surface area contributed by atoms with E-state index in [9.17, 15) is 4.79 Å². The molecular formula is C19H23N5OS. The average Bonchev–Trinajstić information content (AvgIpc) is 2.94. The minimum Gasteiger partial charge on any atom is -0.352 e. The van der Waals surface area contributed by atoms with Gasteiger partial charge in [0, 0.05) is 18.5 Å². The van der Waals surface area contributed by atoms with E-state index in [0.717, 1.165) is 28.5 Å². The van der Waals surface area contributed by atoms with Crippen LogP contribution < -0.4 is 5.32 Å². The second kappa shape index (κ2) is 7.23. The number of aryl methyl sites for hydroxylation is 1. The van der Waals surface area contributed by atoms with Gasteiger partial charge in [-0.05, 0) is 24.8 Å². The molecule has 1 amide bonds. The fraction of sp³-hybridized carbons (Fsp3) is 0.474. The van der Waals surface area contributed by atoms with E-state index in [2.05, 4.69) is 27.4 Å². The van der Waals surface area contributed by atoms with Gasteiger partial charge in [0.05, 0.1) is 11.3 Å². The fourth-order valence-electron chi connectivity index (χ4n) is 3.76. The monoisotopic (exact) mass is 369 g/mol. The molecule has 1 saturated carbocycles. The minimum absolute atomic E-state index is 0.0505. The molecule has 1 aliphatic carbocycles. The first-order valence-electron chi connectivity index (χ1n) is 9.13. The topological polar surface area (TPSA) is 72.7 Å². The highest BCUT2D eigenvalue weighted by Crippen LogP contribution is 2.26. The van der Waals surface area contributed by atoms with E-state index in [0.29, 0.717) is 22.9 Å². The molecule has 0 spiro atoms. The standard InChI is InChI=1S/C19H23N5OS/c1-12-7-3-5-9-14(12)20-16(25)11-26-19-21-18-17(22-23-19)13-8-4-6-10-15(13)24(18)2/h4,6,8,10,12,14H,3,5,7,9,11H2,1-2H3,(H,20,25)/t12-,14-/m0/s1. The molecule has 0 saturated heterocycles. The number of fused-ring (bicyclic) bond motifs is 3. The third-order valence-electron chi connectivity index (χ3n) is 5.28. The first kappa shape index (κ1) is 17.3. The van der Waals surface area contributed by atoms with Crippen molar-refractivity contribution in [3.63, 3.8) is 0 Å². The van der Waals surface area contributed by atoms with Crippen molar-refractivity contribution in [2.24, 2.45) is 13.0 Å². The highest BCUT2D eigenvalue weighted by Gasteiger charge is 2.23.